The van der Waals surface area contributed by atoms with E-state index >= 15 is 0 Å². The maximum absolute atomic E-state index is 11.7. The van der Waals surface area contributed by atoms with Crippen molar-refractivity contribution in [2.75, 3.05) is 0 Å². The minimum absolute atomic E-state index is 0.127. The minimum Gasteiger partial charge on any atom is -0.350 e. The van der Waals surface area contributed by atoms with E-state index in [1.54, 1.807) is 0 Å². The lowest BCUT2D eigenvalue weighted by molar-refractivity contribution is -0.125. The van der Waals surface area contributed by atoms with Crippen LogP contribution in [0.1, 0.15) is 53.4 Å². The van der Waals surface area contributed by atoms with Crippen LogP contribution in [0.5, 0.6) is 0 Å². The summed E-state index contributed by atoms with van der Waals surface area (Å²) in [4.78, 5) is 11.7. The zero-order chi connectivity index (χ0) is 11.9. The molecule has 0 rings (SSSR count). The van der Waals surface area contributed by atoms with E-state index in [0.29, 0.717) is 6.42 Å². The molecule has 0 aliphatic carbocycles. The van der Waals surface area contributed by atoms with Crippen LogP contribution in [0.2, 0.25) is 0 Å². The number of rotatable bonds is 6. The van der Waals surface area contributed by atoms with Crippen LogP contribution < -0.4 is 5.32 Å². The molecule has 1 atom stereocenters. The molecule has 86 valence electrons. The Labute approximate surface area is 92.9 Å². The van der Waals surface area contributed by atoms with Gasteiger partial charge in [0.25, 0.3) is 0 Å². The highest BCUT2D eigenvalue weighted by atomic mass is 16.2. The van der Waals surface area contributed by atoms with Crippen LogP contribution in [0.15, 0.2) is 0 Å². The molecule has 0 heterocycles. The fourth-order valence-electron chi connectivity index (χ4n) is 1.65. The quantitative estimate of drug-likeness (QED) is 0.732. The summed E-state index contributed by atoms with van der Waals surface area (Å²) in [6, 6.07) is 2.06. The Kier molecular flexibility index (Phi) is 6.00. The smallest absolute Gasteiger partial charge is 0.237 e. The Morgan fingerprint density at radius 2 is 2.00 bits per heavy atom. The third kappa shape index (κ3) is 5.41. The second kappa shape index (κ2) is 6.44. The number of nitriles is 1. The fourth-order valence-corrected chi connectivity index (χ4v) is 1.65. The standard InChI is InChI=1S/C12H22N2O/c1-5-7-10(9-13)11(15)14-12(3,4)8-6-2/h10H,5-8H2,1-4H3,(H,14,15). The van der Waals surface area contributed by atoms with Crippen LogP contribution in [0, 0.1) is 17.2 Å². The third-order valence-corrected chi connectivity index (χ3v) is 2.39. The summed E-state index contributed by atoms with van der Waals surface area (Å²) in [6.07, 6.45) is 3.46. The van der Waals surface area contributed by atoms with Crippen molar-refractivity contribution in [1.29, 1.82) is 5.26 Å². The molecule has 0 bridgehead atoms. The van der Waals surface area contributed by atoms with Crippen LogP contribution in [-0.4, -0.2) is 11.4 Å². The molecule has 1 N–H and O–H groups in total. The Morgan fingerprint density at radius 1 is 1.40 bits per heavy atom. The Bertz CT molecular complexity index is 240. The summed E-state index contributed by atoms with van der Waals surface area (Å²) >= 11 is 0. The SMILES string of the molecule is CCCC(C#N)C(=O)NC(C)(C)CCC. The number of hydrogen-bond acceptors (Lipinski definition) is 2. The van der Waals surface area contributed by atoms with Gasteiger partial charge in [-0.3, -0.25) is 4.79 Å². The number of amides is 1. The molecule has 1 amide bonds. The first-order chi connectivity index (χ1) is 6.96. The summed E-state index contributed by atoms with van der Waals surface area (Å²) in [5, 5.41) is 11.8. The van der Waals surface area contributed by atoms with Gasteiger partial charge in [-0.05, 0) is 26.7 Å². The molecule has 0 fully saturated rings. The van der Waals surface area contributed by atoms with Crippen LogP contribution in [-0.2, 0) is 4.79 Å². The lowest BCUT2D eigenvalue weighted by Crippen LogP contribution is -2.45. The average molecular weight is 210 g/mol. The Hall–Kier alpha value is -1.04. The van der Waals surface area contributed by atoms with Crippen molar-refractivity contribution in [3.63, 3.8) is 0 Å². The summed E-state index contributed by atoms with van der Waals surface area (Å²) in [7, 11) is 0. The first-order valence-electron chi connectivity index (χ1n) is 5.68. The van der Waals surface area contributed by atoms with Gasteiger partial charge in [0.15, 0.2) is 0 Å². The second-order valence-corrected chi connectivity index (χ2v) is 4.59. The Balaban J connectivity index is 4.28. The normalized spacial score (nSPS) is 13.0. The fraction of sp³-hybridized carbons (Fsp3) is 0.833. The topological polar surface area (TPSA) is 52.9 Å². The molecule has 3 nitrogen and oxygen atoms in total. The number of nitrogens with one attached hydrogen (secondary N) is 1. The second-order valence-electron chi connectivity index (χ2n) is 4.59. The minimum atomic E-state index is -0.494. The maximum atomic E-state index is 11.7. The van der Waals surface area contributed by atoms with Gasteiger partial charge in [-0.15, -0.1) is 0 Å². The van der Waals surface area contributed by atoms with Crippen molar-refractivity contribution in [2.24, 2.45) is 5.92 Å². The number of carbonyl (C=O) groups excluding carboxylic acids is 1. The molecule has 0 aliphatic rings. The first kappa shape index (κ1) is 14.0. The van der Waals surface area contributed by atoms with Gasteiger partial charge >= 0.3 is 0 Å². The van der Waals surface area contributed by atoms with E-state index in [-0.39, 0.29) is 11.4 Å². The molecule has 1 unspecified atom stereocenters. The molecule has 0 radical (unpaired) electrons. The van der Waals surface area contributed by atoms with E-state index in [9.17, 15) is 4.79 Å². The van der Waals surface area contributed by atoms with E-state index < -0.39 is 5.92 Å². The van der Waals surface area contributed by atoms with Crippen molar-refractivity contribution in [3.05, 3.63) is 0 Å². The molecule has 0 aliphatic heterocycles. The molecule has 0 spiro atoms. The van der Waals surface area contributed by atoms with Crippen molar-refractivity contribution in [3.8, 4) is 6.07 Å². The maximum Gasteiger partial charge on any atom is 0.237 e. The first-order valence-corrected chi connectivity index (χ1v) is 5.68. The van der Waals surface area contributed by atoms with Crippen molar-refractivity contribution in [2.45, 2.75) is 58.9 Å². The van der Waals surface area contributed by atoms with Crippen LogP contribution in [0.4, 0.5) is 0 Å². The monoisotopic (exact) mass is 210 g/mol. The molecule has 0 saturated heterocycles. The van der Waals surface area contributed by atoms with Gasteiger partial charge in [0, 0.05) is 5.54 Å². The lowest BCUT2D eigenvalue weighted by Gasteiger charge is -2.26. The molecular formula is C12H22N2O. The van der Waals surface area contributed by atoms with Crippen LogP contribution in [0.25, 0.3) is 0 Å². The largest absolute Gasteiger partial charge is 0.350 e. The van der Waals surface area contributed by atoms with Gasteiger partial charge in [-0.1, -0.05) is 26.7 Å². The molecule has 15 heavy (non-hydrogen) atoms. The van der Waals surface area contributed by atoms with E-state index in [1.807, 2.05) is 20.8 Å². The molecule has 0 aromatic rings. The van der Waals surface area contributed by atoms with Crippen molar-refractivity contribution in [1.82, 2.24) is 5.32 Å². The van der Waals surface area contributed by atoms with Gasteiger partial charge in [0.1, 0.15) is 5.92 Å². The number of carbonyl (C=O) groups is 1. The molecule has 0 saturated carbocycles. The predicted octanol–water partition coefficient (Wildman–Crippen LogP) is 2.62. The van der Waals surface area contributed by atoms with Gasteiger partial charge in [-0.2, -0.15) is 5.26 Å². The summed E-state index contributed by atoms with van der Waals surface area (Å²) < 4.78 is 0. The van der Waals surface area contributed by atoms with Crippen molar-refractivity contribution < 1.29 is 4.79 Å². The lowest BCUT2D eigenvalue weighted by atomic mass is 9.96. The highest BCUT2D eigenvalue weighted by molar-refractivity contribution is 5.81. The zero-order valence-electron chi connectivity index (χ0n) is 10.3. The molecule has 0 aromatic heterocycles. The number of nitrogens with zero attached hydrogens (tertiary/aromatic N) is 1. The van der Waals surface area contributed by atoms with E-state index in [1.165, 1.54) is 0 Å². The molecule has 3 heteroatoms. The van der Waals surface area contributed by atoms with Gasteiger partial charge in [0.2, 0.25) is 5.91 Å². The van der Waals surface area contributed by atoms with Crippen LogP contribution >= 0.6 is 0 Å². The van der Waals surface area contributed by atoms with Crippen LogP contribution in [0.3, 0.4) is 0 Å². The van der Waals surface area contributed by atoms with Gasteiger partial charge in [-0.25, -0.2) is 0 Å². The van der Waals surface area contributed by atoms with E-state index in [0.717, 1.165) is 19.3 Å². The molecular weight excluding hydrogens is 188 g/mol. The third-order valence-electron chi connectivity index (χ3n) is 2.39. The molecule has 0 aromatic carbocycles. The highest BCUT2D eigenvalue weighted by Crippen LogP contribution is 2.13. The average Bonchev–Trinajstić information content (AvgIpc) is 2.12. The number of hydrogen-bond donors (Lipinski definition) is 1. The van der Waals surface area contributed by atoms with E-state index in [4.69, 9.17) is 5.26 Å². The van der Waals surface area contributed by atoms with Gasteiger partial charge < -0.3 is 5.32 Å². The Morgan fingerprint density at radius 3 is 2.40 bits per heavy atom. The van der Waals surface area contributed by atoms with Gasteiger partial charge in [0.05, 0.1) is 6.07 Å². The summed E-state index contributed by atoms with van der Waals surface area (Å²) in [5.41, 5.74) is -0.200. The van der Waals surface area contributed by atoms with E-state index in [2.05, 4.69) is 18.3 Å². The highest BCUT2D eigenvalue weighted by Gasteiger charge is 2.24. The predicted molar refractivity (Wildman–Crippen MR) is 61.1 cm³/mol. The van der Waals surface area contributed by atoms with Crippen molar-refractivity contribution >= 4 is 5.91 Å². The summed E-state index contributed by atoms with van der Waals surface area (Å²) in [6.45, 7) is 8.06. The summed E-state index contributed by atoms with van der Waals surface area (Å²) in [5.74, 6) is -0.621. The zero-order valence-corrected chi connectivity index (χ0v) is 10.3.